The normalized spacial score (nSPS) is 15.8. The van der Waals surface area contributed by atoms with E-state index in [2.05, 4.69) is 10.2 Å². The molecule has 4 rings (SSSR count). The van der Waals surface area contributed by atoms with Crippen LogP contribution >= 0.6 is 0 Å². The Morgan fingerprint density at radius 3 is 2.52 bits per heavy atom. The second kappa shape index (κ2) is 8.53. The van der Waals surface area contributed by atoms with E-state index in [4.69, 9.17) is 4.42 Å². The van der Waals surface area contributed by atoms with Crippen molar-refractivity contribution in [1.29, 1.82) is 0 Å². The van der Waals surface area contributed by atoms with Crippen LogP contribution in [0.15, 0.2) is 57.8 Å². The van der Waals surface area contributed by atoms with Gasteiger partial charge in [0.2, 0.25) is 21.8 Å². The molecule has 0 atom stereocenters. The first-order valence-electron chi connectivity index (χ1n) is 9.70. The Morgan fingerprint density at radius 1 is 1.06 bits per heavy atom. The molecule has 1 aliphatic rings. The number of nitro benzene ring substituents is 1. The molecule has 0 N–H and O–H groups in total. The topological polar surface area (TPSA) is 123 Å². The van der Waals surface area contributed by atoms with E-state index in [0.717, 1.165) is 11.1 Å². The van der Waals surface area contributed by atoms with Crippen LogP contribution in [-0.2, 0) is 16.6 Å². The number of rotatable bonds is 6. The van der Waals surface area contributed by atoms with Crippen molar-refractivity contribution < 1.29 is 17.8 Å². The molecule has 1 aliphatic heterocycles. The molecule has 1 fully saturated rings. The van der Waals surface area contributed by atoms with Gasteiger partial charge >= 0.3 is 0 Å². The number of hydrogen-bond donors (Lipinski definition) is 0. The minimum Gasteiger partial charge on any atom is -0.419 e. The minimum absolute atomic E-state index is 0.216. The standard InChI is InChI=1S/C20H21N5O5S/c1-15-5-4-6-16(13-15)20-22-21-19(30-20)14-23-9-11-24(12-10-23)31(28,29)18-8-3-2-7-17(18)25(26)27/h2-8,13H,9-12,14H2,1H3. The molecular formula is C20H21N5O5S. The molecule has 162 valence electrons. The van der Waals surface area contributed by atoms with Crippen LogP contribution in [-0.4, -0.2) is 58.9 Å². The van der Waals surface area contributed by atoms with Crippen molar-refractivity contribution in [2.24, 2.45) is 0 Å². The van der Waals surface area contributed by atoms with Crippen LogP contribution in [0.25, 0.3) is 11.5 Å². The number of para-hydroxylation sites is 1. The third-order valence-corrected chi connectivity index (χ3v) is 7.05. The fraction of sp³-hybridized carbons (Fsp3) is 0.300. The van der Waals surface area contributed by atoms with Crippen molar-refractivity contribution >= 4 is 15.7 Å². The lowest BCUT2D eigenvalue weighted by Gasteiger charge is -2.33. The van der Waals surface area contributed by atoms with Crippen molar-refractivity contribution in [2.45, 2.75) is 18.4 Å². The number of piperazine rings is 1. The van der Waals surface area contributed by atoms with Gasteiger partial charge in [-0.2, -0.15) is 4.31 Å². The third-order valence-electron chi connectivity index (χ3n) is 5.10. The summed E-state index contributed by atoms with van der Waals surface area (Å²) in [6, 6.07) is 13.2. The molecule has 10 nitrogen and oxygen atoms in total. The molecule has 3 aromatic rings. The summed E-state index contributed by atoms with van der Waals surface area (Å²) in [4.78, 5) is 12.3. The first kappa shape index (κ1) is 21.1. The first-order chi connectivity index (χ1) is 14.8. The Hall–Kier alpha value is -3.15. The largest absolute Gasteiger partial charge is 0.419 e. The van der Waals surface area contributed by atoms with Gasteiger partial charge in [0.15, 0.2) is 4.90 Å². The second-order valence-electron chi connectivity index (χ2n) is 7.28. The van der Waals surface area contributed by atoms with Gasteiger partial charge in [-0.05, 0) is 25.1 Å². The van der Waals surface area contributed by atoms with Gasteiger partial charge in [-0.1, -0.05) is 29.8 Å². The number of benzene rings is 2. The number of aromatic nitrogens is 2. The summed E-state index contributed by atoms with van der Waals surface area (Å²) >= 11 is 0. The lowest BCUT2D eigenvalue weighted by molar-refractivity contribution is -0.387. The average Bonchev–Trinajstić information content (AvgIpc) is 3.22. The molecule has 0 radical (unpaired) electrons. The van der Waals surface area contributed by atoms with Gasteiger partial charge in [-0.25, -0.2) is 8.42 Å². The smallest absolute Gasteiger partial charge is 0.289 e. The summed E-state index contributed by atoms with van der Waals surface area (Å²) in [6.45, 7) is 3.71. The number of sulfonamides is 1. The summed E-state index contributed by atoms with van der Waals surface area (Å²) in [7, 11) is -3.96. The van der Waals surface area contributed by atoms with Crippen LogP contribution < -0.4 is 0 Å². The summed E-state index contributed by atoms with van der Waals surface area (Å²) in [5, 5.41) is 19.4. The Morgan fingerprint density at radius 2 is 1.81 bits per heavy atom. The van der Waals surface area contributed by atoms with Gasteiger partial charge in [0.05, 0.1) is 11.5 Å². The number of nitrogens with zero attached hydrogens (tertiary/aromatic N) is 5. The van der Waals surface area contributed by atoms with Crippen LogP contribution in [0.5, 0.6) is 0 Å². The van der Waals surface area contributed by atoms with Gasteiger partial charge in [-0.3, -0.25) is 15.0 Å². The molecular weight excluding hydrogens is 422 g/mol. The maximum Gasteiger partial charge on any atom is 0.289 e. The van der Waals surface area contributed by atoms with Crippen molar-refractivity contribution in [3.8, 4) is 11.5 Å². The quantitative estimate of drug-likeness (QED) is 0.420. The van der Waals surface area contributed by atoms with Crippen LogP contribution in [0.3, 0.4) is 0 Å². The van der Waals surface area contributed by atoms with Gasteiger partial charge in [0.1, 0.15) is 0 Å². The Kier molecular flexibility index (Phi) is 5.81. The maximum absolute atomic E-state index is 12.9. The average molecular weight is 443 g/mol. The SMILES string of the molecule is Cc1cccc(-c2nnc(CN3CCN(S(=O)(=O)c4ccccc4[N+](=O)[O-])CC3)o2)c1. The number of hydrogen-bond acceptors (Lipinski definition) is 8. The fourth-order valence-electron chi connectivity index (χ4n) is 3.50. The van der Waals surface area contributed by atoms with Crippen LogP contribution in [0.2, 0.25) is 0 Å². The lowest BCUT2D eigenvalue weighted by atomic mass is 10.1. The summed E-state index contributed by atoms with van der Waals surface area (Å²) < 4.78 is 32.9. The third kappa shape index (κ3) is 4.48. The highest BCUT2D eigenvalue weighted by atomic mass is 32.2. The van der Waals surface area contributed by atoms with E-state index in [9.17, 15) is 18.5 Å². The Labute approximate surface area is 179 Å². The Balaban J connectivity index is 1.41. The molecule has 1 aromatic heterocycles. The molecule has 0 saturated carbocycles. The van der Waals surface area contributed by atoms with Crippen molar-refractivity contribution in [1.82, 2.24) is 19.4 Å². The van der Waals surface area contributed by atoms with Gasteiger partial charge in [0, 0.05) is 37.8 Å². The summed E-state index contributed by atoms with van der Waals surface area (Å²) in [5.41, 5.74) is 1.52. The van der Waals surface area contributed by atoms with E-state index < -0.39 is 20.6 Å². The van der Waals surface area contributed by atoms with E-state index in [1.54, 1.807) is 0 Å². The van der Waals surface area contributed by atoms with E-state index in [-0.39, 0.29) is 18.0 Å². The highest BCUT2D eigenvalue weighted by Gasteiger charge is 2.33. The molecule has 0 spiro atoms. The van der Waals surface area contributed by atoms with Gasteiger partial charge in [-0.15, -0.1) is 10.2 Å². The zero-order valence-electron chi connectivity index (χ0n) is 16.8. The first-order valence-corrected chi connectivity index (χ1v) is 11.1. The van der Waals surface area contributed by atoms with E-state index in [1.807, 2.05) is 36.1 Å². The highest BCUT2D eigenvalue weighted by Crippen LogP contribution is 2.27. The summed E-state index contributed by atoms with van der Waals surface area (Å²) in [5.74, 6) is 0.891. The van der Waals surface area contributed by atoms with Gasteiger partial charge < -0.3 is 4.42 Å². The molecule has 0 unspecified atom stereocenters. The predicted octanol–water partition coefficient (Wildman–Crippen LogP) is 2.46. The van der Waals surface area contributed by atoms with Crippen molar-refractivity contribution in [3.05, 3.63) is 70.1 Å². The highest BCUT2D eigenvalue weighted by molar-refractivity contribution is 7.89. The Bertz CT molecular complexity index is 1200. The molecule has 0 bridgehead atoms. The number of nitro groups is 1. The second-order valence-corrected chi connectivity index (χ2v) is 9.18. The van der Waals surface area contributed by atoms with E-state index in [1.165, 1.54) is 28.6 Å². The zero-order chi connectivity index (χ0) is 22.0. The van der Waals surface area contributed by atoms with Gasteiger partial charge in [0.25, 0.3) is 5.69 Å². The molecule has 2 aromatic carbocycles. The number of aryl methyl sites for hydroxylation is 1. The zero-order valence-corrected chi connectivity index (χ0v) is 17.7. The molecule has 0 aliphatic carbocycles. The van der Waals surface area contributed by atoms with Crippen LogP contribution in [0.1, 0.15) is 11.5 Å². The molecule has 2 heterocycles. The fourth-order valence-corrected chi connectivity index (χ4v) is 5.08. The minimum atomic E-state index is -3.96. The van der Waals surface area contributed by atoms with Crippen molar-refractivity contribution in [2.75, 3.05) is 26.2 Å². The predicted molar refractivity (Wildman–Crippen MR) is 112 cm³/mol. The van der Waals surface area contributed by atoms with E-state index in [0.29, 0.717) is 31.4 Å². The summed E-state index contributed by atoms with van der Waals surface area (Å²) in [6.07, 6.45) is 0. The van der Waals surface area contributed by atoms with E-state index >= 15 is 0 Å². The maximum atomic E-state index is 12.9. The molecule has 31 heavy (non-hydrogen) atoms. The molecule has 11 heteroatoms. The van der Waals surface area contributed by atoms with Crippen molar-refractivity contribution in [3.63, 3.8) is 0 Å². The van der Waals surface area contributed by atoms with Crippen LogP contribution in [0, 0.1) is 17.0 Å². The lowest BCUT2D eigenvalue weighted by Crippen LogP contribution is -2.48. The molecule has 1 saturated heterocycles. The monoisotopic (exact) mass is 443 g/mol. The molecule has 0 amide bonds. The van der Waals surface area contributed by atoms with Crippen LogP contribution in [0.4, 0.5) is 5.69 Å².